The Morgan fingerprint density at radius 1 is 1.29 bits per heavy atom. The van der Waals surface area contributed by atoms with Gasteiger partial charge in [0, 0.05) is 28.2 Å². The van der Waals surface area contributed by atoms with E-state index in [1.54, 1.807) is 0 Å². The van der Waals surface area contributed by atoms with Gasteiger partial charge >= 0.3 is 0 Å². The number of hydrogen-bond acceptors (Lipinski definition) is 2. The second kappa shape index (κ2) is 6.83. The Morgan fingerprint density at radius 2 is 1.95 bits per heavy atom. The number of nitrogens with two attached hydrogens (primary N) is 1. The smallest absolute Gasteiger partial charge is 0.248 e. The second-order valence-corrected chi connectivity index (χ2v) is 5.74. The van der Waals surface area contributed by atoms with E-state index in [0.29, 0.717) is 17.7 Å². The molecule has 2 aromatic carbocycles. The van der Waals surface area contributed by atoms with Gasteiger partial charge in [-0.1, -0.05) is 28.1 Å². The number of halogens is 2. The van der Waals surface area contributed by atoms with Crippen LogP contribution in [0.4, 0.5) is 4.39 Å². The molecule has 0 saturated carbocycles. The second-order valence-electron chi connectivity index (χ2n) is 4.82. The van der Waals surface area contributed by atoms with Crippen molar-refractivity contribution in [2.45, 2.75) is 19.5 Å². The van der Waals surface area contributed by atoms with Crippen molar-refractivity contribution in [2.75, 3.05) is 0 Å². The highest BCUT2D eigenvalue weighted by molar-refractivity contribution is 9.10. The first-order valence-electron chi connectivity index (χ1n) is 6.54. The normalized spacial score (nSPS) is 12.1. The van der Waals surface area contributed by atoms with Gasteiger partial charge in [0.1, 0.15) is 5.82 Å². The van der Waals surface area contributed by atoms with E-state index in [4.69, 9.17) is 5.73 Å². The van der Waals surface area contributed by atoms with Crippen molar-refractivity contribution in [2.24, 2.45) is 5.73 Å². The van der Waals surface area contributed by atoms with Crippen molar-refractivity contribution in [3.05, 3.63) is 69.4 Å². The topological polar surface area (TPSA) is 55.1 Å². The summed E-state index contributed by atoms with van der Waals surface area (Å²) in [7, 11) is 0. The molecule has 0 unspecified atom stereocenters. The van der Waals surface area contributed by atoms with Crippen molar-refractivity contribution in [3.8, 4) is 0 Å². The molecule has 0 aliphatic rings. The van der Waals surface area contributed by atoms with Crippen molar-refractivity contribution in [1.29, 1.82) is 0 Å². The molecule has 3 N–H and O–H groups in total. The lowest BCUT2D eigenvalue weighted by Gasteiger charge is -2.15. The van der Waals surface area contributed by atoms with Crippen molar-refractivity contribution in [3.63, 3.8) is 0 Å². The van der Waals surface area contributed by atoms with E-state index in [1.165, 1.54) is 18.2 Å². The number of carbonyl (C=O) groups is 1. The van der Waals surface area contributed by atoms with Crippen LogP contribution in [0.1, 0.15) is 34.5 Å². The van der Waals surface area contributed by atoms with Crippen LogP contribution in [0, 0.1) is 5.82 Å². The van der Waals surface area contributed by atoms with Crippen molar-refractivity contribution >= 4 is 21.8 Å². The monoisotopic (exact) mass is 350 g/mol. The third-order valence-corrected chi connectivity index (χ3v) is 3.83. The lowest BCUT2D eigenvalue weighted by Crippen LogP contribution is -2.19. The van der Waals surface area contributed by atoms with E-state index in [1.807, 2.05) is 31.2 Å². The molecule has 0 aliphatic heterocycles. The molecule has 0 radical (unpaired) electrons. The molecule has 5 heteroatoms. The molecule has 0 aliphatic carbocycles. The summed E-state index contributed by atoms with van der Waals surface area (Å²) in [6.07, 6.45) is 0. The van der Waals surface area contributed by atoms with E-state index in [0.717, 1.165) is 10.0 Å². The summed E-state index contributed by atoms with van der Waals surface area (Å²) in [6.45, 7) is 2.32. The van der Waals surface area contributed by atoms with E-state index in [9.17, 15) is 9.18 Å². The van der Waals surface area contributed by atoms with E-state index in [2.05, 4.69) is 21.2 Å². The molecule has 0 spiro atoms. The zero-order valence-corrected chi connectivity index (χ0v) is 13.2. The zero-order valence-electron chi connectivity index (χ0n) is 11.6. The van der Waals surface area contributed by atoms with Gasteiger partial charge in [-0.25, -0.2) is 4.39 Å². The van der Waals surface area contributed by atoms with Crippen molar-refractivity contribution < 1.29 is 9.18 Å². The molecule has 21 heavy (non-hydrogen) atoms. The molecule has 1 amide bonds. The van der Waals surface area contributed by atoms with Crippen LogP contribution >= 0.6 is 15.9 Å². The Bertz CT molecular complexity index is 643. The summed E-state index contributed by atoms with van der Waals surface area (Å²) >= 11 is 3.39. The minimum atomic E-state index is -0.558. The standard InChI is InChI=1S/C16H16BrFN2O/c1-10(11-2-5-14(17)6-3-11)20-9-13-8-12(16(19)21)4-7-15(13)18/h2-8,10,20H,9H2,1H3,(H2,19,21)/t10-/m0/s1. The summed E-state index contributed by atoms with van der Waals surface area (Å²) in [4.78, 5) is 11.1. The van der Waals surface area contributed by atoms with Gasteiger partial charge < -0.3 is 11.1 Å². The average Bonchev–Trinajstić information content (AvgIpc) is 2.46. The van der Waals surface area contributed by atoms with Gasteiger partial charge in [0.2, 0.25) is 5.91 Å². The van der Waals surface area contributed by atoms with Crippen LogP contribution < -0.4 is 11.1 Å². The van der Waals surface area contributed by atoms with Crippen LogP contribution in [0.5, 0.6) is 0 Å². The lowest BCUT2D eigenvalue weighted by molar-refractivity contribution is 0.1000. The molecule has 0 heterocycles. The van der Waals surface area contributed by atoms with Gasteiger partial charge in [-0.05, 0) is 42.8 Å². The van der Waals surface area contributed by atoms with E-state index in [-0.39, 0.29) is 11.9 Å². The van der Waals surface area contributed by atoms with Gasteiger partial charge in [-0.3, -0.25) is 4.79 Å². The summed E-state index contributed by atoms with van der Waals surface area (Å²) < 4.78 is 14.8. The van der Waals surface area contributed by atoms with Gasteiger partial charge in [-0.15, -0.1) is 0 Å². The number of amides is 1. The molecule has 0 bridgehead atoms. The molecule has 110 valence electrons. The average molecular weight is 351 g/mol. The molecule has 0 saturated heterocycles. The van der Waals surface area contributed by atoms with Crippen LogP contribution in [0.25, 0.3) is 0 Å². The quantitative estimate of drug-likeness (QED) is 0.866. The Labute approximate surface area is 131 Å². The first kappa shape index (κ1) is 15.7. The fraction of sp³-hybridized carbons (Fsp3) is 0.188. The number of hydrogen-bond donors (Lipinski definition) is 2. The summed E-state index contributed by atoms with van der Waals surface area (Å²) in [5.74, 6) is -0.910. The Hall–Kier alpha value is -1.72. The van der Waals surface area contributed by atoms with Crippen LogP contribution in [0.15, 0.2) is 46.9 Å². The lowest BCUT2D eigenvalue weighted by atomic mass is 10.1. The molecular formula is C16H16BrFN2O. The minimum Gasteiger partial charge on any atom is -0.366 e. The molecule has 1 atom stereocenters. The highest BCUT2D eigenvalue weighted by Crippen LogP contribution is 2.18. The van der Waals surface area contributed by atoms with Crippen molar-refractivity contribution in [1.82, 2.24) is 5.32 Å². The highest BCUT2D eigenvalue weighted by atomic mass is 79.9. The van der Waals surface area contributed by atoms with Gasteiger partial charge in [0.15, 0.2) is 0 Å². The van der Waals surface area contributed by atoms with E-state index < -0.39 is 5.91 Å². The van der Waals surface area contributed by atoms with Crippen LogP contribution in [0.3, 0.4) is 0 Å². The first-order valence-corrected chi connectivity index (χ1v) is 7.33. The maximum atomic E-state index is 13.7. The molecule has 0 aromatic heterocycles. The number of primary amides is 1. The molecule has 2 aromatic rings. The Morgan fingerprint density at radius 3 is 2.57 bits per heavy atom. The predicted octanol–water partition coefficient (Wildman–Crippen LogP) is 3.54. The fourth-order valence-corrected chi connectivity index (χ4v) is 2.26. The largest absolute Gasteiger partial charge is 0.366 e. The third-order valence-electron chi connectivity index (χ3n) is 3.30. The first-order chi connectivity index (χ1) is 9.97. The SMILES string of the molecule is C[C@H](NCc1cc(C(N)=O)ccc1F)c1ccc(Br)cc1. The predicted molar refractivity (Wildman–Crippen MR) is 84.3 cm³/mol. The molecular weight excluding hydrogens is 335 g/mol. The third kappa shape index (κ3) is 4.12. The zero-order chi connectivity index (χ0) is 15.4. The number of nitrogens with one attached hydrogen (secondary N) is 1. The summed E-state index contributed by atoms with van der Waals surface area (Å²) in [5.41, 5.74) is 7.05. The molecule has 3 nitrogen and oxygen atoms in total. The van der Waals surface area contributed by atoms with Gasteiger partial charge in [-0.2, -0.15) is 0 Å². The Kier molecular flexibility index (Phi) is 5.09. The van der Waals surface area contributed by atoms with Gasteiger partial charge in [0.25, 0.3) is 0 Å². The highest BCUT2D eigenvalue weighted by Gasteiger charge is 2.09. The Balaban J connectivity index is 2.07. The maximum Gasteiger partial charge on any atom is 0.248 e. The summed E-state index contributed by atoms with van der Waals surface area (Å²) in [6, 6.07) is 12.1. The summed E-state index contributed by atoms with van der Waals surface area (Å²) in [5, 5.41) is 3.23. The van der Waals surface area contributed by atoms with Crippen LogP contribution in [-0.4, -0.2) is 5.91 Å². The fourth-order valence-electron chi connectivity index (χ4n) is 2.00. The number of rotatable bonds is 5. The maximum absolute atomic E-state index is 13.7. The van der Waals surface area contributed by atoms with Crippen LogP contribution in [0.2, 0.25) is 0 Å². The number of carbonyl (C=O) groups excluding carboxylic acids is 1. The van der Waals surface area contributed by atoms with Crippen LogP contribution in [-0.2, 0) is 6.54 Å². The van der Waals surface area contributed by atoms with Gasteiger partial charge in [0.05, 0.1) is 0 Å². The van der Waals surface area contributed by atoms with E-state index >= 15 is 0 Å². The number of benzene rings is 2. The minimum absolute atomic E-state index is 0.0646. The molecule has 0 fully saturated rings. The molecule has 2 rings (SSSR count).